The molecule has 5 heteroatoms. The van der Waals surface area contributed by atoms with Crippen LogP contribution in [0.4, 0.5) is 0 Å². The summed E-state index contributed by atoms with van der Waals surface area (Å²) >= 11 is 12.1. The molecule has 0 saturated heterocycles. The molecule has 0 unspecified atom stereocenters. The molecule has 2 aromatic rings. The van der Waals surface area contributed by atoms with Gasteiger partial charge in [0.25, 0.3) is 0 Å². The number of nitrogens with zero attached hydrogens (tertiary/aromatic N) is 2. The second kappa shape index (κ2) is 4.39. The summed E-state index contributed by atoms with van der Waals surface area (Å²) in [5.41, 5.74) is 0.837. The van der Waals surface area contributed by atoms with Crippen molar-refractivity contribution >= 4 is 34.1 Å². The van der Waals surface area contributed by atoms with Crippen molar-refractivity contribution < 1.29 is 0 Å². The number of hydrogen-bond acceptors (Lipinski definition) is 2. The van der Waals surface area contributed by atoms with Crippen LogP contribution in [0.1, 0.15) is 0 Å². The minimum Gasteiger partial charge on any atom is -0.318 e. The molecule has 1 aromatic heterocycles. The predicted molar refractivity (Wildman–Crippen MR) is 63.7 cm³/mol. The van der Waals surface area contributed by atoms with Crippen molar-refractivity contribution in [3.05, 3.63) is 28.4 Å². The van der Waals surface area contributed by atoms with Crippen molar-refractivity contribution in [3.8, 4) is 0 Å². The third-order valence-corrected chi connectivity index (χ3v) is 2.84. The van der Waals surface area contributed by atoms with E-state index in [-0.39, 0.29) is 0 Å². The van der Waals surface area contributed by atoms with Gasteiger partial charge in [0, 0.05) is 17.0 Å². The van der Waals surface area contributed by atoms with Crippen LogP contribution in [0.3, 0.4) is 0 Å². The van der Waals surface area contributed by atoms with E-state index in [1.165, 1.54) is 0 Å². The van der Waals surface area contributed by atoms with Gasteiger partial charge in [0.15, 0.2) is 0 Å². The van der Waals surface area contributed by atoms with E-state index in [0.717, 1.165) is 24.0 Å². The van der Waals surface area contributed by atoms with Gasteiger partial charge in [0.05, 0.1) is 12.1 Å². The lowest BCUT2D eigenvalue weighted by atomic mass is 10.3. The highest BCUT2D eigenvalue weighted by Crippen LogP contribution is 2.25. The normalized spacial score (nSPS) is 11.1. The van der Waals surface area contributed by atoms with E-state index in [2.05, 4.69) is 10.4 Å². The summed E-state index contributed by atoms with van der Waals surface area (Å²) < 4.78 is 1.78. The summed E-state index contributed by atoms with van der Waals surface area (Å²) in [5, 5.41) is 9.71. The van der Waals surface area contributed by atoms with Crippen LogP contribution in [0, 0.1) is 0 Å². The third-order valence-electron chi connectivity index (χ3n) is 2.21. The number of fused-ring (bicyclic) bond motifs is 1. The molecule has 0 aliphatic heterocycles. The molecule has 1 N–H and O–H groups in total. The number of hydrogen-bond donors (Lipinski definition) is 1. The summed E-state index contributed by atoms with van der Waals surface area (Å²) in [7, 11) is 1.90. The molecule has 1 heterocycles. The Bertz CT molecular complexity index is 479. The fourth-order valence-corrected chi connectivity index (χ4v) is 1.89. The van der Waals surface area contributed by atoms with Crippen LogP contribution >= 0.6 is 23.2 Å². The number of likely N-dealkylation sites (N-methyl/N-ethyl adjacent to an activating group) is 1. The number of nitrogens with one attached hydrogen (secondary N) is 1. The average Bonchev–Trinajstić information content (AvgIpc) is 2.52. The number of aromatic nitrogens is 2. The van der Waals surface area contributed by atoms with Crippen LogP contribution < -0.4 is 5.32 Å². The Morgan fingerprint density at radius 3 is 2.93 bits per heavy atom. The molecule has 0 amide bonds. The Kier molecular flexibility index (Phi) is 3.14. The molecular weight excluding hydrogens is 233 g/mol. The Morgan fingerprint density at radius 2 is 2.20 bits per heavy atom. The van der Waals surface area contributed by atoms with Crippen molar-refractivity contribution in [1.29, 1.82) is 0 Å². The Morgan fingerprint density at radius 1 is 1.40 bits per heavy atom. The van der Waals surface area contributed by atoms with Crippen molar-refractivity contribution in [3.63, 3.8) is 0 Å². The standard InChI is InChI=1S/C10H11Cl2N3/c1-13-4-5-15-10(12)8-3-2-7(11)6-9(8)14-15/h2-3,6,13H,4-5H2,1H3. The van der Waals surface area contributed by atoms with Crippen LogP contribution in [-0.4, -0.2) is 23.4 Å². The Labute approximate surface area is 98.0 Å². The van der Waals surface area contributed by atoms with Crippen molar-refractivity contribution in [2.45, 2.75) is 6.54 Å². The highest BCUT2D eigenvalue weighted by molar-refractivity contribution is 6.35. The molecular formula is C10H11Cl2N3. The van der Waals surface area contributed by atoms with E-state index in [1.807, 2.05) is 25.2 Å². The van der Waals surface area contributed by atoms with Gasteiger partial charge >= 0.3 is 0 Å². The van der Waals surface area contributed by atoms with Crippen LogP contribution in [-0.2, 0) is 6.54 Å². The lowest BCUT2D eigenvalue weighted by molar-refractivity contribution is 0.590. The molecule has 0 atom stereocenters. The third kappa shape index (κ3) is 2.09. The van der Waals surface area contributed by atoms with Gasteiger partial charge < -0.3 is 5.32 Å². The van der Waals surface area contributed by atoms with Crippen molar-refractivity contribution in [2.75, 3.05) is 13.6 Å². The molecule has 15 heavy (non-hydrogen) atoms. The molecule has 0 bridgehead atoms. The van der Waals surface area contributed by atoms with Crippen molar-refractivity contribution in [2.24, 2.45) is 0 Å². The molecule has 0 radical (unpaired) electrons. The monoisotopic (exact) mass is 243 g/mol. The molecule has 0 aliphatic carbocycles. The SMILES string of the molecule is CNCCn1nc2cc(Cl)ccc2c1Cl. The first-order chi connectivity index (χ1) is 7.22. The minimum atomic E-state index is 0.664. The van der Waals surface area contributed by atoms with E-state index in [1.54, 1.807) is 4.68 Å². The van der Waals surface area contributed by atoms with E-state index in [9.17, 15) is 0 Å². The van der Waals surface area contributed by atoms with E-state index < -0.39 is 0 Å². The minimum absolute atomic E-state index is 0.664. The fraction of sp³-hybridized carbons (Fsp3) is 0.300. The molecule has 0 saturated carbocycles. The molecule has 0 aliphatic rings. The van der Waals surface area contributed by atoms with Gasteiger partial charge in [-0.15, -0.1) is 0 Å². The van der Waals surface area contributed by atoms with Gasteiger partial charge in [0.2, 0.25) is 0 Å². The van der Waals surface area contributed by atoms with Crippen LogP contribution in [0.5, 0.6) is 0 Å². The first-order valence-electron chi connectivity index (χ1n) is 4.68. The first-order valence-corrected chi connectivity index (χ1v) is 5.44. The van der Waals surface area contributed by atoms with Gasteiger partial charge in [-0.1, -0.05) is 23.2 Å². The van der Waals surface area contributed by atoms with Gasteiger partial charge in [-0.3, -0.25) is 4.68 Å². The van der Waals surface area contributed by atoms with Crippen molar-refractivity contribution in [1.82, 2.24) is 15.1 Å². The quantitative estimate of drug-likeness (QED) is 0.899. The van der Waals surface area contributed by atoms with E-state index in [0.29, 0.717) is 10.2 Å². The zero-order chi connectivity index (χ0) is 10.8. The Hall–Kier alpha value is -0.770. The summed E-state index contributed by atoms with van der Waals surface area (Å²) in [6.45, 7) is 1.59. The number of benzene rings is 1. The largest absolute Gasteiger partial charge is 0.318 e. The number of halogens is 2. The van der Waals surface area contributed by atoms with Crippen LogP contribution in [0.15, 0.2) is 18.2 Å². The summed E-state index contributed by atoms with van der Waals surface area (Å²) in [5.74, 6) is 0. The van der Waals surface area contributed by atoms with Gasteiger partial charge in [0.1, 0.15) is 5.15 Å². The van der Waals surface area contributed by atoms with E-state index in [4.69, 9.17) is 23.2 Å². The molecule has 0 spiro atoms. The molecule has 80 valence electrons. The predicted octanol–water partition coefficient (Wildman–Crippen LogP) is 2.56. The second-order valence-electron chi connectivity index (χ2n) is 3.28. The molecule has 0 fully saturated rings. The Balaban J connectivity index is 2.44. The molecule has 1 aromatic carbocycles. The highest BCUT2D eigenvalue weighted by atomic mass is 35.5. The lowest BCUT2D eigenvalue weighted by Gasteiger charge is -2.00. The summed E-state index contributed by atoms with van der Waals surface area (Å²) in [6, 6.07) is 5.53. The first kappa shape index (κ1) is 10.7. The summed E-state index contributed by atoms with van der Waals surface area (Å²) in [4.78, 5) is 0. The zero-order valence-corrected chi connectivity index (χ0v) is 9.81. The zero-order valence-electron chi connectivity index (χ0n) is 8.30. The maximum atomic E-state index is 6.17. The summed E-state index contributed by atoms with van der Waals surface area (Å²) in [6.07, 6.45) is 0. The lowest BCUT2D eigenvalue weighted by Crippen LogP contribution is -2.15. The molecule has 2 rings (SSSR count). The van der Waals surface area contributed by atoms with Crippen LogP contribution in [0.2, 0.25) is 10.2 Å². The maximum Gasteiger partial charge on any atom is 0.134 e. The maximum absolute atomic E-state index is 6.17. The fourth-order valence-electron chi connectivity index (χ4n) is 1.44. The average molecular weight is 244 g/mol. The topological polar surface area (TPSA) is 29.9 Å². The smallest absolute Gasteiger partial charge is 0.134 e. The molecule has 3 nitrogen and oxygen atoms in total. The van der Waals surface area contributed by atoms with Gasteiger partial charge in [-0.05, 0) is 25.2 Å². The second-order valence-corrected chi connectivity index (χ2v) is 4.07. The van der Waals surface area contributed by atoms with Crippen LogP contribution in [0.25, 0.3) is 10.9 Å². The van der Waals surface area contributed by atoms with E-state index >= 15 is 0 Å². The number of rotatable bonds is 3. The van der Waals surface area contributed by atoms with Gasteiger partial charge in [-0.25, -0.2) is 0 Å². The van der Waals surface area contributed by atoms with Gasteiger partial charge in [-0.2, -0.15) is 5.10 Å². The highest BCUT2D eigenvalue weighted by Gasteiger charge is 2.08.